The van der Waals surface area contributed by atoms with Crippen molar-refractivity contribution in [3.8, 4) is 0 Å². The second kappa shape index (κ2) is 8.01. The van der Waals surface area contributed by atoms with E-state index in [1.807, 2.05) is 0 Å². The van der Waals surface area contributed by atoms with Crippen LogP contribution in [0.25, 0.3) is 0 Å². The van der Waals surface area contributed by atoms with Gasteiger partial charge < -0.3 is 5.11 Å². The van der Waals surface area contributed by atoms with Crippen molar-refractivity contribution in [2.75, 3.05) is 26.7 Å². The van der Waals surface area contributed by atoms with Crippen LogP contribution in [0.5, 0.6) is 0 Å². The molecule has 0 spiro atoms. The molecule has 134 valence electrons. The third-order valence-electron chi connectivity index (χ3n) is 4.18. The number of benzene rings is 1. The van der Waals surface area contributed by atoms with Gasteiger partial charge in [-0.2, -0.15) is 4.31 Å². The number of halogens is 2. The van der Waals surface area contributed by atoms with E-state index in [1.165, 1.54) is 16.4 Å². The van der Waals surface area contributed by atoms with Gasteiger partial charge in [-0.25, -0.2) is 8.42 Å². The molecule has 1 saturated heterocycles. The van der Waals surface area contributed by atoms with Gasteiger partial charge in [-0.15, -0.1) is 0 Å². The minimum atomic E-state index is -3.73. The Bertz CT molecular complexity index is 711. The number of hydrogen-bond acceptors (Lipinski definition) is 4. The summed E-state index contributed by atoms with van der Waals surface area (Å²) < 4.78 is 27.1. The van der Waals surface area contributed by atoms with Crippen LogP contribution in [0.15, 0.2) is 23.1 Å². The first-order chi connectivity index (χ1) is 11.2. The average Bonchev–Trinajstić information content (AvgIpc) is 2.75. The first-order valence-corrected chi connectivity index (χ1v) is 9.78. The molecule has 9 heteroatoms. The monoisotopic (exact) mass is 394 g/mol. The molecule has 0 amide bonds. The Kier molecular flexibility index (Phi) is 6.50. The van der Waals surface area contributed by atoms with E-state index < -0.39 is 16.0 Å². The Morgan fingerprint density at radius 2 is 2.04 bits per heavy atom. The van der Waals surface area contributed by atoms with Gasteiger partial charge in [-0.1, -0.05) is 23.2 Å². The molecule has 6 nitrogen and oxygen atoms in total. The van der Waals surface area contributed by atoms with Gasteiger partial charge in [0.15, 0.2) is 0 Å². The van der Waals surface area contributed by atoms with E-state index in [4.69, 9.17) is 28.3 Å². The van der Waals surface area contributed by atoms with Crippen molar-refractivity contribution in [3.05, 3.63) is 28.2 Å². The van der Waals surface area contributed by atoms with Gasteiger partial charge in [0.1, 0.15) is 4.90 Å². The van der Waals surface area contributed by atoms with Crippen LogP contribution in [-0.4, -0.2) is 61.4 Å². The van der Waals surface area contributed by atoms with Crippen LogP contribution in [0.1, 0.15) is 19.3 Å². The van der Waals surface area contributed by atoms with Crippen molar-refractivity contribution < 1.29 is 18.3 Å². The van der Waals surface area contributed by atoms with Crippen LogP contribution in [0.4, 0.5) is 0 Å². The highest BCUT2D eigenvalue weighted by Gasteiger charge is 2.30. The van der Waals surface area contributed by atoms with Gasteiger partial charge in [0, 0.05) is 24.2 Å². The molecule has 1 aromatic rings. The van der Waals surface area contributed by atoms with Crippen LogP contribution in [0, 0.1) is 0 Å². The Morgan fingerprint density at radius 1 is 1.33 bits per heavy atom. The summed E-state index contributed by atoms with van der Waals surface area (Å²) in [7, 11) is -1.98. The van der Waals surface area contributed by atoms with Gasteiger partial charge in [0.05, 0.1) is 11.6 Å². The predicted molar refractivity (Wildman–Crippen MR) is 93.1 cm³/mol. The van der Waals surface area contributed by atoms with E-state index in [2.05, 4.69) is 0 Å². The van der Waals surface area contributed by atoms with E-state index in [9.17, 15) is 13.2 Å². The SMILES string of the molecule is CN(CC(=O)O)C1CCCN(S(=O)(=O)c2cc(Cl)ccc2Cl)CC1. The second-order valence-corrected chi connectivity index (χ2v) is 8.62. The third-order valence-corrected chi connectivity index (χ3v) is 6.79. The van der Waals surface area contributed by atoms with Crippen LogP contribution < -0.4 is 0 Å². The summed E-state index contributed by atoms with van der Waals surface area (Å²) in [6, 6.07) is 4.41. The van der Waals surface area contributed by atoms with E-state index in [0.717, 1.165) is 6.42 Å². The van der Waals surface area contributed by atoms with Crippen molar-refractivity contribution in [2.24, 2.45) is 0 Å². The summed E-state index contributed by atoms with van der Waals surface area (Å²) in [5, 5.41) is 9.35. The van der Waals surface area contributed by atoms with Crippen LogP contribution >= 0.6 is 23.2 Å². The van der Waals surface area contributed by atoms with Gasteiger partial charge in [-0.3, -0.25) is 9.69 Å². The van der Waals surface area contributed by atoms with Crippen molar-refractivity contribution in [2.45, 2.75) is 30.2 Å². The molecule has 24 heavy (non-hydrogen) atoms. The third kappa shape index (κ3) is 4.61. The Labute approximate surface area is 152 Å². The number of rotatable bonds is 5. The number of carbonyl (C=O) groups is 1. The minimum Gasteiger partial charge on any atom is -0.480 e. The number of nitrogens with zero attached hydrogens (tertiary/aromatic N) is 2. The Morgan fingerprint density at radius 3 is 2.71 bits per heavy atom. The fourth-order valence-corrected chi connectivity index (χ4v) is 5.12. The summed E-state index contributed by atoms with van der Waals surface area (Å²) in [5.74, 6) is -0.892. The van der Waals surface area contributed by atoms with Crippen molar-refractivity contribution >= 4 is 39.2 Å². The number of likely N-dealkylation sites (N-methyl/N-ethyl adjacent to an activating group) is 1. The zero-order chi connectivity index (χ0) is 17.9. The van der Waals surface area contributed by atoms with Gasteiger partial charge in [0.2, 0.25) is 10.0 Å². The van der Waals surface area contributed by atoms with Gasteiger partial charge >= 0.3 is 5.97 Å². The maximum absolute atomic E-state index is 12.8. The molecule has 1 N–H and O–H groups in total. The highest BCUT2D eigenvalue weighted by atomic mass is 35.5. The lowest BCUT2D eigenvalue weighted by molar-refractivity contribution is -0.138. The summed E-state index contributed by atoms with van der Waals surface area (Å²) in [6.07, 6.45) is 1.98. The minimum absolute atomic E-state index is 0.00834. The zero-order valence-corrected chi connectivity index (χ0v) is 15.6. The van der Waals surface area contributed by atoms with Gasteiger partial charge in [-0.05, 0) is 44.5 Å². The summed E-state index contributed by atoms with van der Waals surface area (Å²) in [4.78, 5) is 12.6. The van der Waals surface area contributed by atoms with Crippen LogP contribution in [0.3, 0.4) is 0 Å². The fourth-order valence-electron chi connectivity index (χ4n) is 2.89. The number of carboxylic acids is 1. The number of carboxylic acid groups (broad SMARTS) is 1. The second-order valence-electron chi connectivity index (χ2n) is 5.87. The van der Waals surface area contributed by atoms with E-state index in [-0.39, 0.29) is 22.5 Å². The molecule has 1 aromatic carbocycles. The fraction of sp³-hybridized carbons (Fsp3) is 0.533. The van der Waals surface area contributed by atoms with Gasteiger partial charge in [0.25, 0.3) is 0 Å². The molecule has 1 fully saturated rings. The van der Waals surface area contributed by atoms with Crippen LogP contribution in [0.2, 0.25) is 10.0 Å². The maximum Gasteiger partial charge on any atom is 0.317 e. The molecule has 0 aromatic heterocycles. The molecule has 1 aliphatic heterocycles. The molecule has 1 unspecified atom stereocenters. The van der Waals surface area contributed by atoms with Crippen molar-refractivity contribution in [3.63, 3.8) is 0 Å². The largest absolute Gasteiger partial charge is 0.480 e. The van der Waals surface area contributed by atoms with Crippen molar-refractivity contribution in [1.82, 2.24) is 9.21 Å². The molecule has 0 bridgehead atoms. The molecule has 1 aliphatic rings. The molecule has 0 aliphatic carbocycles. The topological polar surface area (TPSA) is 77.9 Å². The standard InChI is InChI=1S/C15H20Cl2N2O4S/c1-18(10-15(20)21)12-3-2-7-19(8-6-12)24(22,23)14-9-11(16)4-5-13(14)17/h4-5,9,12H,2-3,6-8,10H2,1H3,(H,20,21). The Balaban J connectivity index is 2.15. The molecule has 1 heterocycles. The smallest absolute Gasteiger partial charge is 0.317 e. The van der Waals surface area contributed by atoms with E-state index >= 15 is 0 Å². The first-order valence-electron chi connectivity index (χ1n) is 7.59. The molecule has 0 radical (unpaired) electrons. The lowest BCUT2D eigenvalue weighted by atomic mass is 10.1. The lowest BCUT2D eigenvalue weighted by Crippen LogP contribution is -2.37. The predicted octanol–water partition coefficient (Wildman–Crippen LogP) is 2.55. The zero-order valence-electron chi connectivity index (χ0n) is 13.3. The molecule has 2 rings (SSSR count). The molecule has 0 saturated carbocycles. The average molecular weight is 395 g/mol. The summed E-state index contributed by atoms with van der Waals surface area (Å²) >= 11 is 11.9. The number of hydrogen-bond donors (Lipinski definition) is 1. The normalized spacial score (nSPS) is 20.1. The number of sulfonamides is 1. The van der Waals surface area contributed by atoms with Crippen molar-refractivity contribution in [1.29, 1.82) is 0 Å². The number of aliphatic carboxylic acids is 1. The maximum atomic E-state index is 12.8. The summed E-state index contributed by atoms with van der Waals surface area (Å²) in [6.45, 7) is 0.639. The lowest BCUT2D eigenvalue weighted by Gasteiger charge is -2.25. The quantitative estimate of drug-likeness (QED) is 0.829. The highest BCUT2D eigenvalue weighted by molar-refractivity contribution is 7.89. The molecular weight excluding hydrogens is 375 g/mol. The summed E-state index contributed by atoms with van der Waals surface area (Å²) in [5.41, 5.74) is 0. The highest BCUT2D eigenvalue weighted by Crippen LogP contribution is 2.29. The first kappa shape index (κ1) is 19.5. The van der Waals surface area contributed by atoms with E-state index in [0.29, 0.717) is 31.0 Å². The molecule has 1 atom stereocenters. The van der Waals surface area contributed by atoms with Crippen LogP contribution in [-0.2, 0) is 14.8 Å². The van der Waals surface area contributed by atoms with E-state index in [1.54, 1.807) is 18.0 Å². The molecular formula is C15H20Cl2N2O4S. The Hall–Kier alpha value is -0.860.